The number of methoxy groups -OCH3 is 2. The Hall–Kier alpha value is -0.650. The summed E-state index contributed by atoms with van der Waals surface area (Å²) in [5.74, 6) is 0.513. The Morgan fingerprint density at radius 2 is 2.15 bits per heavy atom. The quantitative estimate of drug-likeness (QED) is 0.511. The molecule has 0 aromatic carbocycles. The number of esters is 1. The van der Waals surface area contributed by atoms with Crippen LogP contribution < -0.4 is 5.32 Å². The fraction of sp³-hybridized carbons (Fsp3) is 0.933. The van der Waals surface area contributed by atoms with Gasteiger partial charge in [0.05, 0.1) is 13.7 Å². The number of unbranched alkanes of at least 4 members (excludes halogenated alkanes) is 1. The van der Waals surface area contributed by atoms with E-state index in [0.717, 1.165) is 39.0 Å². The van der Waals surface area contributed by atoms with Gasteiger partial charge in [0.1, 0.15) is 5.54 Å². The van der Waals surface area contributed by atoms with Gasteiger partial charge < -0.3 is 19.7 Å². The van der Waals surface area contributed by atoms with Crippen LogP contribution in [0.15, 0.2) is 0 Å². The van der Waals surface area contributed by atoms with Crippen LogP contribution in [0.3, 0.4) is 0 Å². The van der Waals surface area contributed by atoms with Crippen molar-refractivity contribution in [3.05, 3.63) is 0 Å². The number of ether oxygens (including phenoxy) is 2. The van der Waals surface area contributed by atoms with E-state index in [1.165, 1.54) is 20.1 Å². The first-order valence-corrected chi connectivity index (χ1v) is 7.54. The number of hydrogen-bond donors (Lipinski definition) is 1. The van der Waals surface area contributed by atoms with E-state index in [0.29, 0.717) is 5.92 Å². The lowest BCUT2D eigenvalue weighted by molar-refractivity contribution is -0.148. The Labute approximate surface area is 123 Å². The molecule has 5 heteroatoms. The first-order valence-electron chi connectivity index (χ1n) is 7.54. The monoisotopic (exact) mass is 286 g/mol. The van der Waals surface area contributed by atoms with Crippen LogP contribution in [0.4, 0.5) is 0 Å². The smallest absolute Gasteiger partial charge is 0.325 e. The van der Waals surface area contributed by atoms with E-state index in [-0.39, 0.29) is 5.97 Å². The van der Waals surface area contributed by atoms with Crippen molar-refractivity contribution in [1.29, 1.82) is 0 Å². The van der Waals surface area contributed by atoms with Crippen molar-refractivity contribution in [2.75, 3.05) is 47.5 Å². The second kappa shape index (κ2) is 8.60. The first kappa shape index (κ1) is 17.4. The average molecular weight is 286 g/mol. The van der Waals surface area contributed by atoms with Gasteiger partial charge in [0.25, 0.3) is 0 Å². The van der Waals surface area contributed by atoms with Gasteiger partial charge in [-0.05, 0) is 58.7 Å². The molecule has 2 unspecified atom stereocenters. The molecule has 0 aliphatic carbocycles. The molecule has 1 fully saturated rings. The van der Waals surface area contributed by atoms with Gasteiger partial charge in [-0.2, -0.15) is 0 Å². The molecule has 0 spiro atoms. The Bertz CT molecular complexity index is 299. The predicted octanol–water partition coefficient (Wildman–Crippen LogP) is 1.28. The maximum atomic E-state index is 11.7. The summed E-state index contributed by atoms with van der Waals surface area (Å²) < 4.78 is 10.1. The molecule has 0 amide bonds. The van der Waals surface area contributed by atoms with Gasteiger partial charge in [-0.25, -0.2) is 0 Å². The van der Waals surface area contributed by atoms with E-state index in [1.807, 2.05) is 14.0 Å². The molecule has 0 radical (unpaired) electrons. The van der Waals surface area contributed by atoms with Gasteiger partial charge in [0.2, 0.25) is 0 Å². The topological polar surface area (TPSA) is 50.8 Å². The Balaban J connectivity index is 2.20. The van der Waals surface area contributed by atoms with Crippen molar-refractivity contribution in [2.24, 2.45) is 5.92 Å². The zero-order valence-electron chi connectivity index (χ0n) is 13.4. The molecule has 20 heavy (non-hydrogen) atoms. The zero-order valence-corrected chi connectivity index (χ0v) is 13.4. The highest BCUT2D eigenvalue weighted by Crippen LogP contribution is 2.19. The third kappa shape index (κ3) is 5.04. The van der Waals surface area contributed by atoms with Crippen molar-refractivity contribution in [2.45, 2.75) is 38.1 Å². The number of carbonyl (C=O) groups excluding carboxylic acids is 1. The van der Waals surface area contributed by atoms with E-state index >= 15 is 0 Å². The minimum absolute atomic E-state index is 0.179. The maximum Gasteiger partial charge on any atom is 0.325 e. The van der Waals surface area contributed by atoms with Crippen molar-refractivity contribution in [1.82, 2.24) is 10.2 Å². The third-order valence-corrected chi connectivity index (χ3v) is 4.36. The summed E-state index contributed by atoms with van der Waals surface area (Å²) in [6.07, 6.45) is 4.20. The van der Waals surface area contributed by atoms with Crippen molar-refractivity contribution in [3.8, 4) is 0 Å². The molecule has 118 valence electrons. The molecule has 1 saturated heterocycles. The summed E-state index contributed by atoms with van der Waals surface area (Å²) in [6.45, 7) is 6.21. The molecular weight excluding hydrogens is 256 g/mol. The largest absolute Gasteiger partial charge is 0.468 e. The van der Waals surface area contributed by atoms with Crippen molar-refractivity contribution < 1.29 is 14.3 Å². The number of carbonyl (C=O) groups is 1. The average Bonchev–Trinajstić information content (AvgIpc) is 2.90. The van der Waals surface area contributed by atoms with Gasteiger partial charge in [-0.1, -0.05) is 0 Å². The lowest BCUT2D eigenvalue weighted by atomic mass is 9.95. The number of likely N-dealkylation sites (N-methyl/N-ethyl adjacent to an activating group) is 1. The van der Waals surface area contributed by atoms with Crippen LogP contribution >= 0.6 is 0 Å². The molecule has 0 bridgehead atoms. The molecule has 5 nitrogen and oxygen atoms in total. The van der Waals surface area contributed by atoms with Crippen LogP contribution in [0.2, 0.25) is 0 Å². The van der Waals surface area contributed by atoms with Gasteiger partial charge in [-0.3, -0.25) is 4.79 Å². The molecule has 1 rings (SSSR count). The number of likely N-dealkylation sites (tertiary alicyclic amines) is 1. The zero-order chi connectivity index (χ0) is 15.0. The number of hydrogen-bond acceptors (Lipinski definition) is 5. The van der Waals surface area contributed by atoms with E-state index < -0.39 is 5.54 Å². The number of nitrogens with one attached hydrogen (secondary N) is 1. The van der Waals surface area contributed by atoms with Gasteiger partial charge in [-0.15, -0.1) is 0 Å². The van der Waals surface area contributed by atoms with Crippen LogP contribution in [-0.2, 0) is 14.3 Å². The summed E-state index contributed by atoms with van der Waals surface area (Å²) in [5.41, 5.74) is -0.557. The molecule has 1 heterocycles. The predicted molar refractivity (Wildman–Crippen MR) is 79.8 cm³/mol. The van der Waals surface area contributed by atoms with Crippen LogP contribution in [0.1, 0.15) is 32.6 Å². The lowest BCUT2D eigenvalue weighted by Crippen LogP contribution is -2.48. The van der Waals surface area contributed by atoms with Gasteiger partial charge >= 0.3 is 5.97 Å². The van der Waals surface area contributed by atoms with Crippen LogP contribution in [-0.4, -0.2) is 63.9 Å². The van der Waals surface area contributed by atoms with Crippen molar-refractivity contribution >= 4 is 5.97 Å². The molecule has 0 aromatic rings. The van der Waals surface area contributed by atoms with E-state index in [2.05, 4.69) is 10.2 Å². The fourth-order valence-corrected chi connectivity index (χ4v) is 2.86. The van der Waals surface area contributed by atoms with E-state index in [4.69, 9.17) is 9.47 Å². The molecular formula is C15H30N2O3. The minimum atomic E-state index is -0.557. The Morgan fingerprint density at radius 3 is 2.75 bits per heavy atom. The SMILES string of the molecule is CNC(C)(CCCCN1CCC(COC)C1)C(=O)OC. The molecule has 0 saturated carbocycles. The van der Waals surface area contributed by atoms with Crippen LogP contribution in [0.25, 0.3) is 0 Å². The minimum Gasteiger partial charge on any atom is -0.468 e. The molecule has 1 N–H and O–H groups in total. The maximum absolute atomic E-state index is 11.7. The lowest BCUT2D eigenvalue weighted by Gasteiger charge is -2.26. The highest BCUT2D eigenvalue weighted by Gasteiger charge is 2.31. The van der Waals surface area contributed by atoms with E-state index in [9.17, 15) is 4.79 Å². The number of nitrogens with zero attached hydrogens (tertiary/aromatic N) is 1. The third-order valence-electron chi connectivity index (χ3n) is 4.36. The molecule has 1 aliphatic heterocycles. The summed E-state index contributed by atoms with van der Waals surface area (Å²) >= 11 is 0. The van der Waals surface area contributed by atoms with Gasteiger partial charge in [0.15, 0.2) is 0 Å². The van der Waals surface area contributed by atoms with Gasteiger partial charge in [0, 0.05) is 13.7 Å². The second-order valence-corrected chi connectivity index (χ2v) is 5.94. The number of rotatable bonds is 9. The van der Waals surface area contributed by atoms with Crippen molar-refractivity contribution in [3.63, 3.8) is 0 Å². The molecule has 2 atom stereocenters. The van der Waals surface area contributed by atoms with E-state index in [1.54, 1.807) is 7.11 Å². The first-order chi connectivity index (χ1) is 9.55. The Morgan fingerprint density at radius 1 is 1.40 bits per heavy atom. The summed E-state index contributed by atoms with van der Waals surface area (Å²) in [4.78, 5) is 14.2. The summed E-state index contributed by atoms with van der Waals surface area (Å²) in [6, 6.07) is 0. The molecule has 1 aliphatic rings. The Kier molecular flexibility index (Phi) is 7.48. The molecule has 0 aromatic heterocycles. The summed E-state index contributed by atoms with van der Waals surface area (Å²) in [5, 5.41) is 3.08. The highest BCUT2D eigenvalue weighted by molar-refractivity contribution is 5.80. The fourth-order valence-electron chi connectivity index (χ4n) is 2.86. The summed E-state index contributed by atoms with van der Waals surface area (Å²) in [7, 11) is 5.03. The van der Waals surface area contributed by atoms with Crippen LogP contribution in [0.5, 0.6) is 0 Å². The normalized spacial score (nSPS) is 22.7. The second-order valence-electron chi connectivity index (χ2n) is 5.94. The highest BCUT2D eigenvalue weighted by atomic mass is 16.5. The standard InChI is InChI=1S/C15H30N2O3/c1-15(16-2,14(18)20-4)8-5-6-9-17-10-7-13(11-17)12-19-3/h13,16H,5-12H2,1-4H3. The van der Waals surface area contributed by atoms with Crippen LogP contribution in [0, 0.1) is 5.92 Å².